The van der Waals surface area contributed by atoms with E-state index >= 15 is 0 Å². The van der Waals surface area contributed by atoms with Crippen LogP contribution in [0.3, 0.4) is 0 Å². The Hall–Kier alpha value is -0.870. The lowest BCUT2D eigenvalue weighted by Gasteiger charge is -2.28. The summed E-state index contributed by atoms with van der Waals surface area (Å²) in [6.45, 7) is 3.18. The van der Waals surface area contributed by atoms with Crippen LogP contribution < -0.4 is 0 Å². The number of hydrogen-bond acceptors (Lipinski definition) is 1. The van der Waals surface area contributed by atoms with Gasteiger partial charge in [-0.3, -0.25) is 0 Å². The van der Waals surface area contributed by atoms with Gasteiger partial charge in [0.1, 0.15) is 5.82 Å². The van der Waals surface area contributed by atoms with Crippen molar-refractivity contribution in [1.29, 1.82) is 0 Å². The van der Waals surface area contributed by atoms with Gasteiger partial charge in [0.05, 0.1) is 16.1 Å². The Morgan fingerprint density at radius 1 is 1.29 bits per heavy atom. The number of nitrogens with zero attached hydrogens (tertiary/aromatic N) is 1. The van der Waals surface area contributed by atoms with Crippen LogP contribution in [0.2, 0.25) is 5.02 Å². The second-order valence-electron chi connectivity index (χ2n) is 6.12. The molecule has 0 saturated heterocycles. The number of rotatable bonds is 3. The summed E-state index contributed by atoms with van der Waals surface area (Å²) < 4.78 is 16.3. The van der Waals surface area contributed by atoms with E-state index in [1.165, 1.54) is 38.2 Å². The fraction of sp³-hybridized carbons (Fsp3) is 0.562. The fourth-order valence-corrected chi connectivity index (χ4v) is 3.85. The number of aromatic nitrogens is 2. The van der Waals surface area contributed by atoms with E-state index in [1.807, 2.05) is 0 Å². The maximum Gasteiger partial charge on any atom is 0.178 e. The number of imidazole rings is 1. The third-order valence-corrected chi connectivity index (χ3v) is 5.41. The molecule has 1 aromatic carbocycles. The molecule has 2 nitrogen and oxygen atoms in total. The highest BCUT2D eigenvalue weighted by molar-refractivity contribution is 7.71. The summed E-state index contributed by atoms with van der Waals surface area (Å²) in [4.78, 5) is 3.08. The quantitative estimate of drug-likeness (QED) is 0.717. The minimum atomic E-state index is -0.406. The van der Waals surface area contributed by atoms with Gasteiger partial charge in [-0.15, -0.1) is 0 Å². The predicted octanol–water partition coefficient (Wildman–Crippen LogP) is 5.71. The summed E-state index contributed by atoms with van der Waals surface area (Å²) >= 11 is 11.3. The van der Waals surface area contributed by atoms with Crippen LogP contribution in [-0.2, 0) is 6.54 Å². The van der Waals surface area contributed by atoms with Gasteiger partial charge in [0.15, 0.2) is 4.77 Å². The molecule has 2 aromatic rings. The Kier molecular flexibility index (Phi) is 4.36. The summed E-state index contributed by atoms with van der Waals surface area (Å²) in [6, 6.07) is 3.11. The maximum atomic E-state index is 13.5. The molecule has 0 bridgehead atoms. The molecular formula is C16H20ClFN2S. The summed E-state index contributed by atoms with van der Waals surface area (Å²) in [5.41, 5.74) is 1.63. The largest absolute Gasteiger partial charge is 0.330 e. The monoisotopic (exact) mass is 326 g/mol. The molecule has 1 fully saturated rings. The molecule has 3 rings (SSSR count). The standard InChI is InChI=1S/C16H20ClFN2S/c1-2-10-3-5-11(6-4-10)9-20-15-7-12(17)13(18)8-14(15)19-16(20)21/h7-8,10-11H,2-6,9H2,1H3,(H,19,21). The van der Waals surface area contributed by atoms with Crippen LogP contribution in [-0.4, -0.2) is 9.55 Å². The van der Waals surface area contributed by atoms with Crippen LogP contribution in [0.4, 0.5) is 4.39 Å². The second-order valence-corrected chi connectivity index (χ2v) is 6.91. The number of fused-ring (bicyclic) bond motifs is 1. The summed E-state index contributed by atoms with van der Waals surface area (Å²) in [5.74, 6) is 1.14. The van der Waals surface area contributed by atoms with Crippen molar-refractivity contribution in [2.45, 2.75) is 45.6 Å². The number of benzene rings is 1. The van der Waals surface area contributed by atoms with E-state index in [4.69, 9.17) is 23.8 Å². The Balaban J connectivity index is 1.86. The van der Waals surface area contributed by atoms with Crippen molar-refractivity contribution in [3.63, 3.8) is 0 Å². The number of hydrogen-bond donors (Lipinski definition) is 1. The second kappa shape index (κ2) is 6.09. The normalized spacial score (nSPS) is 22.8. The zero-order valence-corrected chi connectivity index (χ0v) is 13.7. The summed E-state index contributed by atoms with van der Waals surface area (Å²) in [6.07, 6.45) is 6.41. The SMILES string of the molecule is CCC1CCC(Cn2c(=S)[nH]c3cc(F)c(Cl)cc32)CC1. The van der Waals surface area contributed by atoms with Gasteiger partial charge in [0.25, 0.3) is 0 Å². The number of halogens is 2. The molecule has 21 heavy (non-hydrogen) atoms. The van der Waals surface area contributed by atoms with Crippen LogP contribution >= 0.6 is 23.8 Å². The number of H-pyrrole nitrogens is 1. The van der Waals surface area contributed by atoms with E-state index in [0.717, 1.165) is 23.5 Å². The molecule has 1 heterocycles. The molecule has 1 aliphatic carbocycles. The number of nitrogens with one attached hydrogen (secondary N) is 1. The smallest absolute Gasteiger partial charge is 0.178 e. The van der Waals surface area contributed by atoms with Gasteiger partial charge in [-0.05, 0) is 43.0 Å². The van der Waals surface area contributed by atoms with E-state index in [1.54, 1.807) is 6.07 Å². The molecule has 0 aliphatic heterocycles. The Bertz CT molecular complexity index is 698. The van der Waals surface area contributed by atoms with Crippen molar-refractivity contribution in [1.82, 2.24) is 9.55 Å². The van der Waals surface area contributed by atoms with E-state index < -0.39 is 5.82 Å². The predicted molar refractivity (Wildman–Crippen MR) is 87.8 cm³/mol. The van der Waals surface area contributed by atoms with E-state index in [0.29, 0.717) is 10.7 Å². The summed E-state index contributed by atoms with van der Waals surface area (Å²) in [5, 5.41) is 0.153. The Morgan fingerprint density at radius 3 is 2.62 bits per heavy atom. The van der Waals surface area contributed by atoms with Gasteiger partial charge in [0.2, 0.25) is 0 Å². The van der Waals surface area contributed by atoms with E-state index in [9.17, 15) is 4.39 Å². The third kappa shape index (κ3) is 3.02. The number of aromatic amines is 1. The van der Waals surface area contributed by atoms with Crippen LogP contribution in [0.5, 0.6) is 0 Å². The molecular weight excluding hydrogens is 307 g/mol. The molecule has 114 valence electrons. The molecule has 1 aliphatic rings. The van der Waals surface area contributed by atoms with E-state index in [2.05, 4.69) is 16.5 Å². The highest BCUT2D eigenvalue weighted by Gasteiger charge is 2.21. The highest BCUT2D eigenvalue weighted by atomic mass is 35.5. The molecule has 0 spiro atoms. The zero-order chi connectivity index (χ0) is 15.0. The average molecular weight is 327 g/mol. The van der Waals surface area contributed by atoms with Crippen molar-refractivity contribution in [3.05, 3.63) is 27.7 Å². The van der Waals surface area contributed by atoms with Gasteiger partial charge in [0, 0.05) is 12.6 Å². The minimum Gasteiger partial charge on any atom is -0.330 e. The topological polar surface area (TPSA) is 20.7 Å². The Morgan fingerprint density at radius 2 is 1.95 bits per heavy atom. The first-order valence-corrected chi connectivity index (χ1v) is 8.44. The molecule has 5 heteroatoms. The molecule has 0 atom stereocenters. The van der Waals surface area contributed by atoms with Crippen LogP contribution in [0, 0.1) is 22.4 Å². The molecule has 0 unspecified atom stereocenters. The minimum absolute atomic E-state index is 0.153. The van der Waals surface area contributed by atoms with Crippen LogP contribution in [0.1, 0.15) is 39.0 Å². The van der Waals surface area contributed by atoms with Gasteiger partial charge >= 0.3 is 0 Å². The first kappa shape index (κ1) is 15.0. The lowest BCUT2D eigenvalue weighted by atomic mass is 9.81. The van der Waals surface area contributed by atoms with Crippen molar-refractivity contribution in [3.8, 4) is 0 Å². The van der Waals surface area contributed by atoms with Crippen molar-refractivity contribution >= 4 is 34.9 Å². The van der Waals surface area contributed by atoms with Gasteiger partial charge in [-0.25, -0.2) is 4.39 Å². The van der Waals surface area contributed by atoms with Crippen LogP contribution in [0.15, 0.2) is 12.1 Å². The summed E-state index contributed by atoms with van der Waals surface area (Å²) in [7, 11) is 0. The fourth-order valence-electron chi connectivity index (χ4n) is 3.41. The van der Waals surface area contributed by atoms with Gasteiger partial charge < -0.3 is 9.55 Å². The lowest BCUT2D eigenvalue weighted by Crippen LogP contribution is -2.18. The maximum absolute atomic E-state index is 13.5. The molecule has 1 aromatic heterocycles. The molecule has 1 N–H and O–H groups in total. The van der Waals surface area contributed by atoms with Crippen molar-refractivity contribution in [2.75, 3.05) is 0 Å². The molecule has 0 amide bonds. The van der Waals surface area contributed by atoms with Crippen LogP contribution in [0.25, 0.3) is 11.0 Å². The Labute approximate surface area is 134 Å². The van der Waals surface area contributed by atoms with Gasteiger partial charge in [-0.1, -0.05) is 37.8 Å². The lowest BCUT2D eigenvalue weighted by molar-refractivity contribution is 0.248. The first-order valence-electron chi connectivity index (χ1n) is 7.66. The van der Waals surface area contributed by atoms with Crippen molar-refractivity contribution < 1.29 is 4.39 Å². The highest BCUT2D eigenvalue weighted by Crippen LogP contribution is 2.32. The zero-order valence-electron chi connectivity index (χ0n) is 12.2. The molecule has 0 radical (unpaired) electrons. The molecule has 1 saturated carbocycles. The van der Waals surface area contributed by atoms with E-state index in [-0.39, 0.29) is 5.02 Å². The first-order chi connectivity index (χ1) is 10.1. The van der Waals surface area contributed by atoms with Gasteiger partial charge in [-0.2, -0.15) is 0 Å². The van der Waals surface area contributed by atoms with Crippen molar-refractivity contribution in [2.24, 2.45) is 11.8 Å². The average Bonchev–Trinajstić information content (AvgIpc) is 2.76. The third-order valence-electron chi connectivity index (χ3n) is 4.80.